The highest BCUT2D eigenvalue weighted by Gasteiger charge is 2.33. The molecule has 5 nitrogen and oxygen atoms in total. The van der Waals surface area contributed by atoms with Crippen LogP contribution in [-0.4, -0.2) is 45.4 Å². The Labute approximate surface area is 165 Å². The summed E-state index contributed by atoms with van der Waals surface area (Å²) in [5.74, 6) is 0.271. The van der Waals surface area contributed by atoms with E-state index in [0.717, 1.165) is 25.9 Å². The minimum Gasteiger partial charge on any atom is -0.479 e. The Bertz CT molecular complexity index is 561. The molecule has 1 saturated heterocycles. The van der Waals surface area contributed by atoms with Crippen molar-refractivity contribution < 1.29 is 14.3 Å². The third-order valence-corrected chi connectivity index (χ3v) is 4.85. The second-order valence-electron chi connectivity index (χ2n) is 6.24. The number of ether oxygens (including phenoxy) is 2. The van der Waals surface area contributed by atoms with Crippen LogP contribution in [-0.2, 0) is 9.53 Å². The standard InChI is InChI=1S/C17H24Cl2N2O3.ClH/c1-12(24-15-4-3-13(18)9-14(15)19)16(22)21-10-17(11-23-2)5-7-20-8-6-17;/h3-4,9,12,20H,5-8,10-11H2,1-2H3,(H,21,22);1H. The summed E-state index contributed by atoms with van der Waals surface area (Å²) >= 11 is 11.9. The number of carbonyl (C=O) groups excluding carboxylic acids is 1. The van der Waals surface area contributed by atoms with Crippen LogP contribution in [0.1, 0.15) is 19.8 Å². The predicted octanol–water partition coefficient (Wildman–Crippen LogP) is 3.31. The normalized spacial score (nSPS) is 17.3. The average Bonchev–Trinajstić information content (AvgIpc) is 2.56. The van der Waals surface area contributed by atoms with Gasteiger partial charge >= 0.3 is 0 Å². The second-order valence-corrected chi connectivity index (χ2v) is 7.08. The molecular formula is C17H25Cl3N2O3. The van der Waals surface area contributed by atoms with Gasteiger partial charge in [-0.1, -0.05) is 23.2 Å². The number of halogens is 3. The van der Waals surface area contributed by atoms with Gasteiger partial charge in [0.2, 0.25) is 0 Å². The van der Waals surface area contributed by atoms with E-state index < -0.39 is 6.10 Å². The molecular weight excluding hydrogens is 387 g/mol. The summed E-state index contributed by atoms with van der Waals surface area (Å²) in [6.07, 6.45) is 1.30. The monoisotopic (exact) mass is 410 g/mol. The molecule has 1 aliphatic heterocycles. The highest BCUT2D eigenvalue weighted by Crippen LogP contribution is 2.29. The molecule has 142 valence electrons. The van der Waals surface area contributed by atoms with Crippen LogP contribution in [0.15, 0.2) is 18.2 Å². The number of hydrogen-bond acceptors (Lipinski definition) is 4. The van der Waals surface area contributed by atoms with E-state index in [1.165, 1.54) is 0 Å². The van der Waals surface area contributed by atoms with Gasteiger partial charge in [-0.3, -0.25) is 4.79 Å². The Morgan fingerprint density at radius 3 is 2.64 bits per heavy atom. The van der Waals surface area contributed by atoms with Crippen LogP contribution >= 0.6 is 35.6 Å². The lowest BCUT2D eigenvalue weighted by Crippen LogP contribution is -2.49. The summed E-state index contributed by atoms with van der Waals surface area (Å²) in [7, 11) is 1.69. The van der Waals surface area contributed by atoms with Gasteiger partial charge < -0.3 is 20.1 Å². The minimum atomic E-state index is -0.648. The van der Waals surface area contributed by atoms with E-state index in [-0.39, 0.29) is 23.7 Å². The molecule has 1 unspecified atom stereocenters. The van der Waals surface area contributed by atoms with E-state index in [1.807, 2.05) is 0 Å². The van der Waals surface area contributed by atoms with Gasteiger partial charge in [-0.15, -0.1) is 12.4 Å². The van der Waals surface area contributed by atoms with Gasteiger partial charge in [-0.05, 0) is 51.1 Å². The molecule has 1 fully saturated rings. The fourth-order valence-electron chi connectivity index (χ4n) is 2.87. The molecule has 2 rings (SSSR count). The molecule has 0 aromatic heterocycles. The zero-order valence-corrected chi connectivity index (χ0v) is 16.8. The molecule has 2 N–H and O–H groups in total. The molecule has 8 heteroatoms. The zero-order chi connectivity index (χ0) is 17.6. The maximum absolute atomic E-state index is 12.4. The molecule has 1 amide bonds. The number of hydrogen-bond donors (Lipinski definition) is 2. The molecule has 0 aliphatic carbocycles. The zero-order valence-electron chi connectivity index (χ0n) is 14.4. The predicted molar refractivity (Wildman–Crippen MR) is 103 cm³/mol. The van der Waals surface area contributed by atoms with E-state index in [0.29, 0.717) is 28.9 Å². The molecule has 0 bridgehead atoms. The van der Waals surface area contributed by atoms with Crippen molar-refractivity contribution >= 4 is 41.5 Å². The average molecular weight is 412 g/mol. The molecule has 0 radical (unpaired) electrons. The van der Waals surface area contributed by atoms with E-state index in [4.69, 9.17) is 32.7 Å². The first-order chi connectivity index (χ1) is 11.5. The van der Waals surface area contributed by atoms with E-state index >= 15 is 0 Å². The summed E-state index contributed by atoms with van der Waals surface area (Å²) in [5, 5.41) is 7.23. The van der Waals surface area contributed by atoms with Crippen molar-refractivity contribution in [3.05, 3.63) is 28.2 Å². The first-order valence-corrected chi connectivity index (χ1v) is 8.80. The van der Waals surface area contributed by atoms with Gasteiger partial charge in [0.05, 0.1) is 11.6 Å². The molecule has 1 aliphatic rings. The lowest BCUT2D eigenvalue weighted by molar-refractivity contribution is -0.128. The Balaban J connectivity index is 0.00000312. The second kappa shape index (κ2) is 10.4. The first-order valence-electron chi connectivity index (χ1n) is 8.05. The number of piperidine rings is 1. The molecule has 1 aromatic rings. The molecule has 0 spiro atoms. The maximum atomic E-state index is 12.4. The summed E-state index contributed by atoms with van der Waals surface area (Å²) < 4.78 is 11.0. The topological polar surface area (TPSA) is 59.6 Å². The number of nitrogens with one attached hydrogen (secondary N) is 2. The minimum absolute atomic E-state index is 0. The maximum Gasteiger partial charge on any atom is 0.260 e. The summed E-state index contributed by atoms with van der Waals surface area (Å²) in [5.41, 5.74) is -0.0205. The van der Waals surface area contributed by atoms with E-state index in [1.54, 1.807) is 32.2 Å². The smallest absolute Gasteiger partial charge is 0.260 e. The Hall–Kier alpha value is -0.720. The van der Waals surface area contributed by atoms with Crippen LogP contribution in [0, 0.1) is 5.41 Å². The van der Waals surface area contributed by atoms with Crippen LogP contribution in [0.5, 0.6) is 5.75 Å². The third kappa shape index (κ3) is 6.50. The van der Waals surface area contributed by atoms with Gasteiger partial charge in [0.1, 0.15) is 5.75 Å². The molecule has 0 saturated carbocycles. The number of benzene rings is 1. The lowest BCUT2D eigenvalue weighted by Gasteiger charge is -2.37. The van der Waals surface area contributed by atoms with Crippen LogP contribution in [0.4, 0.5) is 0 Å². The third-order valence-electron chi connectivity index (χ3n) is 4.32. The van der Waals surface area contributed by atoms with Crippen LogP contribution in [0.2, 0.25) is 10.0 Å². The van der Waals surface area contributed by atoms with Gasteiger partial charge in [0, 0.05) is 24.1 Å². The molecule has 1 aromatic carbocycles. The van der Waals surface area contributed by atoms with E-state index in [9.17, 15) is 4.79 Å². The van der Waals surface area contributed by atoms with Crippen molar-refractivity contribution in [1.29, 1.82) is 0 Å². The number of methoxy groups -OCH3 is 1. The fraction of sp³-hybridized carbons (Fsp3) is 0.588. The van der Waals surface area contributed by atoms with Gasteiger partial charge in [0.25, 0.3) is 5.91 Å². The van der Waals surface area contributed by atoms with Gasteiger partial charge in [0.15, 0.2) is 6.10 Å². The van der Waals surface area contributed by atoms with Gasteiger partial charge in [-0.2, -0.15) is 0 Å². The number of amides is 1. The van der Waals surface area contributed by atoms with Crippen molar-refractivity contribution in [2.24, 2.45) is 5.41 Å². The molecule has 1 heterocycles. The molecule has 1 atom stereocenters. The molecule has 25 heavy (non-hydrogen) atoms. The number of rotatable bonds is 7. The van der Waals surface area contributed by atoms with Crippen LogP contribution < -0.4 is 15.4 Å². The highest BCUT2D eigenvalue weighted by molar-refractivity contribution is 6.35. The van der Waals surface area contributed by atoms with Crippen molar-refractivity contribution in [3.8, 4) is 5.75 Å². The first kappa shape index (κ1) is 22.3. The Kier molecular flexibility index (Phi) is 9.32. The Morgan fingerprint density at radius 1 is 1.36 bits per heavy atom. The van der Waals surface area contributed by atoms with Crippen LogP contribution in [0.25, 0.3) is 0 Å². The lowest BCUT2D eigenvalue weighted by atomic mass is 9.79. The van der Waals surface area contributed by atoms with Crippen molar-refractivity contribution in [1.82, 2.24) is 10.6 Å². The summed E-state index contributed by atoms with van der Waals surface area (Å²) in [4.78, 5) is 12.4. The van der Waals surface area contributed by atoms with E-state index in [2.05, 4.69) is 10.6 Å². The van der Waals surface area contributed by atoms with Crippen molar-refractivity contribution in [2.45, 2.75) is 25.9 Å². The van der Waals surface area contributed by atoms with Crippen LogP contribution in [0.3, 0.4) is 0 Å². The van der Waals surface area contributed by atoms with Gasteiger partial charge in [-0.25, -0.2) is 0 Å². The summed E-state index contributed by atoms with van der Waals surface area (Å²) in [6, 6.07) is 4.93. The number of carbonyl (C=O) groups is 1. The quantitative estimate of drug-likeness (QED) is 0.722. The largest absolute Gasteiger partial charge is 0.479 e. The highest BCUT2D eigenvalue weighted by atomic mass is 35.5. The fourth-order valence-corrected chi connectivity index (χ4v) is 3.32. The SMILES string of the molecule is COCC1(CNC(=O)C(C)Oc2ccc(Cl)cc2Cl)CCNCC1.Cl. The van der Waals surface area contributed by atoms with Crippen molar-refractivity contribution in [2.75, 3.05) is 33.4 Å². The Morgan fingerprint density at radius 2 is 2.04 bits per heavy atom. The summed E-state index contributed by atoms with van der Waals surface area (Å²) in [6.45, 7) is 4.78. The van der Waals surface area contributed by atoms with Crippen molar-refractivity contribution in [3.63, 3.8) is 0 Å².